The number of diazo groups is 1. The molecule has 5 nitrogen and oxygen atoms in total. The number of nitrogens with zero attached hydrogens (tertiary/aromatic N) is 2. The van der Waals surface area contributed by atoms with Gasteiger partial charge in [-0.15, -0.1) is 0 Å². The van der Waals surface area contributed by atoms with Crippen LogP contribution in [0.4, 0.5) is 16.2 Å². The van der Waals surface area contributed by atoms with Gasteiger partial charge in [0.25, 0.3) is 0 Å². The maximum atomic E-state index is 11.8. The van der Waals surface area contributed by atoms with E-state index < -0.39 is 6.09 Å². The summed E-state index contributed by atoms with van der Waals surface area (Å²) in [5.74, 6) is 0. The normalized spacial score (nSPS) is 9.76. The number of hydrogen-bond donors (Lipinski definition) is 1. The molecule has 0 radical (unpaired) electrons. The SMILES string of the molecule is Cc1cc([N+]#N)cc(C)c1NC(=O)OCc1ccccc1. The van der Waals surface area contributed by atoms with Crippen molar-refractivity contribution in [2.24, 2.45) is 0 Å². The molecule has 1 amide bonds. The summed E-state index contributed by atoms with van der Waals surface area (Å²) in [6.07, 6.45) is -0.515. The topological polar surface area (TPSA) is 66.5 Å². The number of aryl methyl sites for hydroxylation is 2. The quantitative estimate of drug-likeness (QED) is 0.840. The van der Waals surface area contributed by atoms with Crippen LogP contribution < -0.4 is 5.32 Å². The van der Waals surface area contributed by atoms with E-state index in [0.29, 0.717) is 11.4 Å². The molecular weight excluding hydrogens is 266 g/mol. The van der Waals surface area contributed by atoms with E-state index in [1.165, 1.54) is 0 Å². The van der Waals surface area contributed by atoms with Crippen molar-refractivity contribution in [1.82, 2.24) is 0 Å². The summed E-state index contributed by atoms with van der Waals surface area (Å²) >= 11 is 0. The van der Waals surface area contributed by atoms with Crippen LogP contribution in [0.2, 0.25) is 0 Å². The van der Waals surface area contributed by atoms with Crippen LogP contribution in [0.3, 0.4) is 0 Å². The highest BCUT2D eigenvalue weighted by Gasteiger charge is 2.14. The van der Waals surface area contributed by atoms with Gasteiger partial charge in [-0.2, -0.15) is 0 Å². The van der Waals surface area contributed by atoms with Gasteiger partial charge < -0.3 is 4.74 Å². The highest BCUT2D eigenvalue weighted by Crippen LogP contribution is 2.26. The molecule has 0 unspecified atom stereocenters. The van der Waals surface area contributed by atoms with Gasteiger partial charge in [0.2, 0.25) is 5.39 Å². The Morgan fingerprint density at radius 3 is 2.38 bits per heavy atom. The largest absolute Gasteiger partial charge is 0.444 e. The summed E-state index contributed by atoms with van der Waals surface area (Å²) in [5, 5.41) is 11.5. The molecule has 0 fully saturated rings. The van der Waals surface area contributed by atoms with Gasteiger partial charge in [-0.3, -0.25) is 5.32 Å². The Morgan fingerprint density at radius 2 is 1.81 bits per heavy atom. The lowest BCUT2D eigenvalue weighted by Gasteiger charge is -2.11. The highest BCUT2D eigenvalue weighted by molar-refractivity contribution is 5.87. The molecule has 2 rings (SSSR count). The molecule has 0 spiro atoms. The average Bonchev–Trinajstić information content (AvgIpc) is 2.49. The average molecular weight is 282 g/mol. The van der Waals surface area contributed by atoms with E-state index in [2.05, 4.69) is 10.3 Å². The molecule has 0 bridgehead atoms. The first-order valence-electron chi connectivity index (χ1n) is 6.54. The third kappa shape index (κ3) is 3.80. The predicted molar refractivity (Wildman–Crippen MR) is 80.9 cm³/mol. The predicted octanol–water partition coefficient (Wildman–Crippen LogP) is 4.54. The second-order valence-electron chi connectivity index (χ2n) is 4.74. The van der Waals surface area contributed by atoms with Crippen LogP contribution in [0.1, 0.15) is 16.7 Å². The maximum Gasteiger partial charge on any atom is 0.411 e. The summed E-state index contributed by atoms with van der Waals surface area (Å²) in [5.41, 5.74) is 3.66. The molecule has 0 aliphatic rings. The van der Waals surface area contributed by atoms with Crippen molar-refractivity contribution in [2.45, 2.75) is 20.5 Å². The summed E-state index contributed by atoms with van der Waals surface area (Å²) in [6, 6.07) is 12.8. The minimum Gasteiger partial charge on any atom is -0.444 e. The van der Waals surface area contributed by atoms with Gasteiger partial charge in [0.1, 0.15) is 6.61 Å². The van der Waals surface area contributed by atoms with E-state index in [1.807, 2.05) is 44.2 Å². The lowest BCUT2D eigenvalue weighted by molar-refractivity contribution is 0.155. The number of benzene rings is 2. The Balaban J connectivity index is 2.02. The second kappa shape index (κ2) is 6.53. The fraction of sp³-hybridized carbons (Fsp3) is 0.188. The molecule has 0 aliphatic heterocycles. The van der Waals surface area contributed by atoms with Gasteiger partial charge >= 0.3 is 11.8 Å². The number of ether oxygens (including phenoxy) is 1. The molecule has 0 heterocycles. The van der Waals surface area contributed by atoms with E-state index >= 15 is 0 Å². The first-order valence-corrected chi connectivity index (χ1v) is 6.54. The third-order valence-electron chi connectivity index (χ3n) is 3.07. The molecule has 0 saturated carbocycles. The highest BCUT2D eigenvalue weighted by atomic mass is 16.5. The van der Waals surface area contributed by atoms with Crippen LogP contribution in [0.15, 0.2) is 42.5 Å². The molecular formula is C16H16N3O2+. The van der Waals surface area contributed by atoms with E-state index in [4.69, 9.17) is 10.1 Å². The second-order valence-corrected chi connectivity index (χ2v) is 4.74. The number of carbonyl (C=O) groups is 1. The van der Waals surface area contributed by atoms with Gasteiger partial charge in [0.15, 0.2) is 4.98 Å². The van der Waals surface area contributed by atoms with Crippen LogP contribution in [0.25, 0.3) is 4.98 Å². The zero-order valence-electron chi connectivity index (χ0n) is 12.0. The monoisotopic (exact) mass is 282 g/mol. The molecule has 0 atom stereocenters. The zero-order chi connectivity index (χ0) is 15.2. The minimum absolute atomic E-state index is 0.217. The molecule has 0 saturated heterocycles. The number of hydrogen-bond acceptors (Lipinski definition) is 3. The number of amides is 1. The number of rotatable bonds is 3. The van der Waals surface area contributed by atoms with Crippen molar-refractivity contribution < 1.29 is 9.53 Å². The lowest BCUT2D eigenvalue weighted by Crippen LogP contribution is -2.15. The lowest BCUT2D eigenvalue weighted by atomic mass is 10.1. The van der Waals surface area contributed by atoms with Crippen molar-refractivity contribution in [3.8, 4) is 0 Å². The molecule has 1 N–H and O–H groups in total. The summed E-state index contributed by atoms with van der Waals surface area (Å²) < 4.78 is 5.18. The van der Waals surface area contributed by atoms with Crippen LogP contribution >= 0.6 is 0 Å². The first kappa shape index (κ1) is 14.5. The van der Waals surface area contributed by atoms with E-state index in [0.717, 1.165) is 16.7 Å². The van der Waals surface area contributed by atoms with Gasteiger partial charge in [0.05, 0.1) is 5.69 Å². The minimum atomic E-state index is -0.515. The van der Waals surface area contributed by atoms with Gasteiger partial charge in [-0.05, 0) is 30.5 Å². The van der Waals surface area contributed by atoms with Gasteiger partial charge in [-0.25, -0.2) is 4.79 Å². The van der Waals surface area contributed by atoms with E-state index in [9.17, 15) is 4.79 Å². The van der Waals surface area contributed by atoms with Crippen molar-refractivity contribution in [3.63, 3.8) is 0 Å². The van der Waals surface area contributed by atoms with Crippen molar-refractivity contribution in [2.75, 3.05) is 5.32 Å². The molecule has 0 aromatic heterocycles. The Labute approximate surface area is 123 Å². The standard InChI is InChI=1S/C16H15N3O2/c1-11-8-14(19-17)9-12(2)15(11)18-16(20)21-10-13-6-4-3-5-7-13/h3-9H,10H2,1-2H3/p+1. The molecule has 21 heavy (non-hydrogen) atoms. The number of carbonyl (C=O) groups excluding carboxylic acids is 1. The van der Waals surface area contributed by atoms with Crippen molar-refractivity contribution >= 4 is 17.5 Å². The summed E-state index contributed by atoms with van der Waals surface area (Å²) in [6.45, 7) is 3.87. The smallest absolute Gasteiger partial charge is 0.411 e. The van der Waals surface area contributed by atoms with Crippen LogP contribution in [-0.4, -0.2) is 6.09 Å². The van der Waals surface area contributed by atoms with Gasteiger partial charge in [0, 0.05) is 12.1 Å². The van der Waals surface area contributed by atoms with Crippen molar-refractivity contribution in [1.29, 1.82) is 5.39 Å². The Hall–Kier alpha value is -2.87. The Morgan fingerprint density at radius 1 is 1.19 bits per heavy atom. The zero-order valence-corrected chi connectivity index (χ0v) is 12.0. The third-order valence-corrected chi connectivity index (χ3v) is 3.07. The maximum absolute atomic E-state index is 11.8. The molecule has 106 valence electrons. The molecule has 0 aliphatic carbocycles. The summed E-state index contributed by atoms with van der Waals surface area (Å²) in [7, 11) is 0. The fourth-order valence-electron chi connectivity index (χ4n) is 2.06. The molecule has 5 heteroatoms. The number of nitrogens with one attached hydrogen (secondary N) is 1. The van der Waals surface area contributed by atoms with Crippen LogP contribution in [0.5, 0.6) is 0 Å². The number of anilines is 1. The van der Waals surface area contributed by atoms with E-state index in [-0.39, 0.29) is 6.61 Å². The molecule has 2 aromatic carbocycles. The Kier molecular flexibility index (Phi) is 4.52. The van der Waals surface area contributed by atoms with E-state index in [1.54, 1.807) is 12.1 Å². The van der Waals surface area contributed by atoms with Crippen LogP contribution in [0, 0.1) is 19.2 Å². The van der Waals surface area contributed by atoms with Crippen LogP contribution in [-0.2, 0) is 11.3 Å². The first-order chi connectivity index (χ1) is 10.1. The van der Waals surface area contributed by atoms with Crippen molar-refractivity contribution in [3.05, 3.63) is 64.1 Å². The fourth-order valence-corrected chi connectivity index (χ4v) is 2.06. The summed E-state index contributed by atoms with van der Waals surface area (Å²) in [4.78, 5) is 15.0. The van der Waals surface area contributed by atoms with Gasteiger partial charge in [-0.1, -0.05) is 30.3 Å². The molecule has 2 aromatic rings. The Bertz CT molecular complexity index is 667.